The van der Waals surface area contributed by atoms with Gasteiger partial charge in [0.05, 0.1) is 0 Å². The van der Waals surface area contributed by atoms with E-state index in [1.165, 1.54) is 22.1 Å². The second-order valence-corrected chi connectivity index (χ2v) is 7.61. The molecule has 0 N–H and O–H groups in total. The molecule has 5 rings (SSSR count). The van der Waals surface area contributed by atoms with Crippen molar-refractivity contribution in [2.45, 2.75) is 25.9 Å². The van der Waals surface area contributed by atoms with Crippen molar-refractivity contribution in [1.29, 1.82) is 0 Å². The maximum absolute atomic E-state index is 12.5. The van der Waals surface area contributed by atoms with Crippen molar-refractivity contribution in [3.63, 3.8) is 0 Å². The SMILES string of the molecule is C=C1c2ccccc2C(=O)N1CC(=O)OCc1cc(=O)oc2cc3c(cc12)CCC3. The molecule has 0 atom stereocenters. The third kappa shape index (κ3) is 3.01. The molecule has 30 heavy (non-hydrogen) atoms. The van der Waals surface area contributed by atoms with Crippen LogP contribution in [0.3, 0.4) is 0 Å². The number of hydrogen-bond donors (Lipinski definition) is 0. The first-order valence-electron chi connectivity index (χ1n) is 9.85. The van der Waals surface area contributed by atoms with Gasteiger partial charge < -0.3 is 9.15 Å². The van der Waals surface area contributed by atoms with Crippen molar-refractivity contribution in [2.75, 3.05) is 6.54 Å². The minimum absolute atomic E-state index is 0.0683. The molecule has 0 saturated carbocycles. The largest absolute Gasteiger partial charge is 0.459 e. The number of fused-ring (bicyclic) bond motifs is 3. The van der Waals surface area contributed by atoms with Crippen molar-refractivity contribution < 1.29 is 18.7 Å². The first-order chi connectivity index (χ1) is 14.5. The summed E-state index contributed by atoms with van der Waals surface area (Å²) >= 11 is 0. The Morgan fingerprint density at radius 3 is 2.57 bits per heavy atom. The van der Waals surface area contributed by atoms with Crippen molar-refractivity contribution in [2.24, 2.45) is 0 Å². The summed E-state index contributed by atoms with van der Waals surface area (Å²) in [6, 6.07) is 12.4. The lowest BCUT2D eigenvalue weighted by molar-refractivity contribution is -0.145. The maximum Gasteiger partial charge on any atom is 0.336 e. The van der Waals surface area contributed by atoms with Gasteiger partial charge in [-0.3, -0.25) is 14.5 Å². The quantitative estimate of drug-likeness (QED) is 0.494. The molecular weight excluding hydrogens is 382 g/mol. The Balaban J connectivity index is 1.34. The summed E-state index contributed by atoms with van der Waals surface area (Å²) in [5, 5.41) is 0.775. The normalized spacial score (nSPS) is 14.9. The summed E-state index contributed by atoms with van der Waals surface area (Å²) in [6.45, 7) is 3.62. The third-order valence-electron chi connectivity index (χ3n) is 5.76. The summed E-state index contributed by atoms with van der Waals surface area (Å²) in [4.78, 5) is 38.3. The van der Waals surface area contributed by atoms with E-state index in [1.54, 1.807) is 18.2 Å². The number of aryl methyl sites for hydroxylation is 2. The molecule has 2 aromatic carbocycles. The average molecular weight is 401 g/mol. The molecule has 2 heterocycles. The Bertz CT molecular complexity index is 1250. The molecule has 1 aliphatic carbocycles. The first kappa shape index (κ1) is 18.4. The van der Waals surface area contributed by atoms with E-state index in [1.807, 2.05) is 18.2 Å². The van der Waals surface area contributed by atoms with Gasteiger partial charge in [-0.05, 0) is 48.6 Å². The molecule has 6 heteroatoms. The number of rotatable bonds is 4. The Hall–Kier alpha value is -3.67. The van der Waals surface area contributed by atoms with E-state index in [2.05, 4.69) is 6.58 Å². The number of carbonyl (C=O) groups is 2. The highest BCUT2D eigenvalue weighted by atomic mass is 16.5. The van der Waals surface area contributed by atoms with E-state index in [4.69, 9.17) is 9.15 Å². The number of hydrogen-bond acceptors (Lipinski definition) is 5. The Labute approximate surface area is 172 Å². The second-order valence-electron chi connectivity index (χ2n) is 7.61. The molecule has 0 spiro atoms. The number of esters is 1. The summed E-state index contributed by atoms with van der Waals surface area (Å²) in [6.07, 6.45) is 3.05. The molecule has 2 aliphatic rings. The summed E-state index contributed by atoms with van der Waals surface area (Å²) in [5.41, 5.74) is 4.78. The first-order valence-corrected chi connectivity index (χ1v) is 9.85. The highest BCUT2D eigenvalue weighted by Crippen LogP contribution is 2.31. The fourth-order valence-corrected chi connectivity index (χ4v) is 4.25. The lowest BCUT2D eigenvalue weighted by Crippen LogP contribution is -2.30. The van der Waals surface area contributed by atoms with Gasteiger partial charge in [-0.1, -0.05) is 24.8 Å². The van der Waals surface area contributed by atoms with E-state index in [0.29, 0.717) is 22.4 Å². The predicted molar refractivity (Wildman–Crippen MR) is 111 cm³/mol. The van der Waals surface area contributed by atoms with Crippen LogP contribution in [0.1, 0.15) is 39.0 Å². The van der Waals surface area contributed by atoms with Crippen LogP contribution in [0, 0.1) is 0 Å². The number of carbonyl (C=O) groups excluding carboxylic acids is 2. The highest BCUT2D eigenvalue weighted by molar-refractivity contribution is 6.10. The van der Waals surface area contributed by atoms with Crippen LogP contribution in [-0.4, -0.2) is 23.3 Å². The highest BCUT2D eigenvalue weighted by Gasteiger charge is 2.32. The molecule has 0 saturated heterocycles. The molecular formula is C24H19NO5. The summed E-state index contributed by atoms with van der Waals surface area (Å²) in [5.74, 6) is -0.839. The van der Waals surface area contributed by atoms with Gasteiger partial charge >= 0.3 is 11.6 Å². The van der Waals surface area contributed by atoms with Gasteiger partial charge in [0.2, 0.25) is 0 Å². The second kappa shape index (κ2) is 6.99. The van der Waals surface area contributed by atoms with Crippen molar-refractivity contribution in [3.8, 4) is 0 Å². The molecule has 1 aromatic heterocycles. The van der Waals surface area contributed by atoms with Crippen LogP contribution in [-0.2, 0) is 29.0 Å². The number of amides is 1. The fraction of sp³-hybridized carbons (Fsp3) is 0.208. The minimum atomic E-state index is -0.570. The van der Waals surface area contributed by atoms with Crippen LogP contribution in [0.2, 0.25) is 0 Å². The van der Waals surface area contributed by atoms with Crippen molar-refractivity contribution in [3.05, 3.63) is 87.3 Å². The molecule has 0 unspecified atom stereocenters. The van der Waals surface area contributed by atoms with Crippen molar-refractivity contribution >= 4 is 28.5 Å². The smallest absolute Gasteiger partial charge is 0.336 e. The topological polar surface area (TPSA) is 76.8 Å². The van der Waals surface area contributed by atoms with E-state index in [0.717, 1.165) is 30.2 Å². The zero-order valence-electron chi connectivity index (χ0n) is 16.3. The Morgan fingerprint density at radius 1 is 1.07 bits per heavy atom. The van der Waals surface area contributed by atoms with Crippen LogP contribution in [0.4, 0.5) is 0 Å². The predicted octanol–water partition coefficient (Wildman–Crippen LogP) is 3.45. The van der Waals surface area contributed by atoms with E-state index in [-0.39, 0.29) is 19.1 Å². The monoisotopic (exact) mass is 401 g/mol. The Kier molecular flexibility index (Phi) is 4.28. The van der Waals surface area contributed by atoms with Crippen LogP contribution in [0.25, 0.3) is 16.7 Å². The molecule has 1 aliphatic heterocycles. The number of nitrogens with zero attached hydrogens (tertiary/aromatic N) is 1. The number of benzene rings is 2. The molecule has 6 nitrogen and oxygen atoms in total. The molecule has 3 aromatic rings. The fourth-order valence-electron chi connectivity index (χ4n) is 4.25. The molecule has 0 fully saturated rings. The summed E-state index contributed by atoms with van der Waals surface area (Å²) in [7, 11) is 0. The van der Waals surface area contributed by atoms with E-state index >= 15 is 0 Å². The van der Waals surface area contributed by atoms with Crippen LogP contribution < -0.4 is 5.63 Å². The molecule has 1 amide bonds. The third-order valence-corrected chi connectivity index (χ3v) is 5.76. The molecule has 0 bridgehead atoms. The van der Waals surface area contributed by atoms with Gasteiger partial charge in [0.15, 0.2) is 0 Å². The van der Waals surface area contributed by atoms with Gasteiger partial charge in [0, 0.05) is 33.8 Å². The Morgan fingerprint density at radius 2 is 1.80 bits per heavy atom. The minimum Gasteiger partial charge on any atom is -0.459 e. The van der Waals surface area contributed by atoms with Gasteiger partial charge in [0.25, 0.3) is 5.91 Å². The van der Waals surface area contributed by atoms with Gasteiger partial charge in [-0.25, -0.2) is 4.79 Å². The standard InChI is InChI=1S/C24H19NO5/c1-14-18-7-2-3-8-19(18)24(28)25(14)12-23(27)29-13-17-11-22(26)30-21-10-16-6-4-5-15(16)9-20(17)21/h2-3,7-11H,1,4-6,12-13H2. The van der Waals surface area contributed by atoms with Crippen LogP contribution >= 0.6 is 0 Å². The number of ether oxygens (including phenoxy) is 1. The zero-order valence-corrected chi connectivity index (χ0v) is 16.3. The zero-order chi connectivity index (χ0) is 20.8. The summed E-state index contributed by atoms with van der Waals surface area (Å²) < 4.78 is 10.8. The van der Waals surface area contributed by atoms with E-state index in [9.17, 15) is 14.4 Å². The van der Waals surface area contributed by atoms with Crippen LogP contribution in [0.5, 0.6) is 0 Å². The van der Waals surface area contributed by atoms with Gasteiger partial charge in [0.1, 0.15) is 18.7 Å². The molecule has 150 valence electrons. The lowest BCUT2D eigenvalue weighted by Gasteiger charge is -2.16. The lowest BCUT2D eigenvalue weighted by atomic mass is 10.0. The average Bonchev–Trinajstić information content (AvgIpc) is 3.29. The van der Waals surface area contributed by atoms with Gasteiger partial charge in [-0.15, -0.1) is 0 Å². The van der Waals surface area contributed by atoms with Gasteiger partial charge in [-0.2, -0.15) is 0 Å². The maximum atomic E-state index is 12.5. The van der Waals surface area contributed by atoms with Crippen LogP contribution in [0.15, 0.2) is 58.3 Å². The van der Waals surface area contributed by atoms with E-state index < -0.39 is 11.6 Å². The molecule has 0 radical (unpaired) electrons. The van der Waals surface area contributed by atoms with Crippen molar-refractivity contribution in [1.82, 2.24) is 4.90 Å².